The van der Waals surface area contributed by atoms with E-state index in [1.165, 1.54) is 12.8 Å². The molecule has 1 aliphatic heterocycles. The van der Waals surface area contributed by atoms with Gasteiger partial charge in [-0.15, -0.1) is 0 Å². The molecule has 0 aromatic heterocycles. The van der Waals surface area contributed by atoms with Gasteiger partial charge < -0.3 is 4.74 Å². The van der Waals surface area contributed by atoms with Gasteiger partial charge >= 0.3 is 0 Å². The van der Waals surface area contributed by atoms with Gasteiger partial charge in [0, 0.05) is 5.41 Å². The molecule has 1 aliphatic carbocycles. The molecule has 0 radical (unpaired) electrons. The van der Waals surface area contributed by atoms with Gasteiger partial charge in [-0.3, -0.25) is 0 Å². The zero-order chi connectivity index (χ0) is 11.5. The topological polar surface area (TPSA) is 9.23 Å². The molecule has 0 bridgehead atoms. The lowest BCUT2D eigenvalue weighted by atomic mass is 9.67. The van der Waals surface area contributed by atoms with E-state index in [2.05, 4.69) is 41.5 Å². The largest absolute Gasteiger partial charge is 0.377 e. The Kier molecular flexibility index (Phi) is 2.29. The lowest BCUT2D eigenvalue weighted by molar-refractivity contribution is 0.000117. The van der Waals surface area contributed by atoms with Gasteiger partial charge in [0.15, 0.2) is 0 Å². The maximum absolute atomic E-state index is 6.13. The summed E-state index contributed by atoms with van der Waals surface area (Å²) in [5.41, 5.74) is 1.23. The molecule has 2 atom stereocenters. The highest BCUT2D eigenvalue weighted by Crippen LogP contribution is 2.66. The first kappa shape index (κ1) is 11.4. The van der Waals surface area contributed by atoms with Gasteiger partial charge in [-0.1, -0.05) is 41.5 Å². The SMILES string of the molecule is CC(C)(C)C1COC(C(C)(C)C)C12CC2. The van der Waals surface area contributed by atoms with Crippen molar-refractivity contribution in [3.05, 3.63) is 0 Å². The van der Waals surface area contributed by atoms with E-state index in [4.69, 9.17) is 4.74 Å². The molecule has 1 saturated carbocycles. The van der Waals surface area contributed by atoms with Crippen LogP contribution in [0.25, 0.3) is 0 Å². The Morgan fingerprint density at radius 3 is 1.80 bits per heavy atom. The van der Waals surface area contributed by atoms with E-state index in [0.717, 1.165) is 12.5 Å². The van der Waals surface area contributed by atoms with Crippen molar-refractivity contribution in [2.24, 2.45) is 22.2 Å². The summed E-state index contributed by atoms with van der Waals surface area (Å²) in [6.07, 6.45) is 3.25. The summed E-state index contributed by atoms with van der Waals surface area (Å²) in [5, 5.41) is 0. The molecule has 1 spiro atoms. The van der Waals surface area contributed by atoms with E-state index in [0.29, 0.717) is 22.3 Å². The maximum atomic E-state index is 6.13. The molecule has 1 nitrogen and oxygen atoms in total. The van der Waals surface area contributed by atoms with Crippen LogP contribution in [0.15, 0.2) is 0 Å². The first-order valence-electron chi connectivity index (χ1n) is 6.29. The van der Waals surface area contributed by atoms with Crippen molar-refractivity contribution in [3.8, 4) is 0 Å². The van der Waals surface area contributed by atoms with Crippen LogP contribution in [0.5, 0.6) is 0 Å². The minimum Gasteiger partial charge on any atom is -0.377 e. The van der Waals surface area contributed by atoms with Crippen molar-refractivity contribution in [2.75, 3.05) is 6.61 Å². The van der Waals surface area contributed by atoms with E-state index in [9.17, 15) is 0 Å². The lowest BCUT2D eigenvalue weighted by Gasteiger charge is -2.37. The van der Waals surface area contributed by atoms with Crippen molar-refractivity contribution in [3.63, 3.8) is 0 Å². The predicted molar refractivity (Wildman–Crippen MR) is 63.8 cm³/mol. The summed E-state index contributed by atoms with van der Waals surface area (Å²) < 4.78 is 6.13. The zero-order valence-corrected chi connectivity index (χ0v) is 11.2. The van der Waals surface area contributed by atoms with Crippen molar-refractivity contribution in [1.82, 2.24) is 0 Å². The van der Waals surface area contributed by atoms with Gasteiger partial charge in [0.1, 0.15) is 0 Å². The van der Waals surface area contributed by atoms with Crippen LogP contribution >= 0.6 is 0 Å². The summed E-state index contributed by atoms with van der Waals surface area (Å²) in [7, 11) is 0. The molecule has 88 valence electrons. The van der Waals surface area contributed by atoms with Gasteiger partial charge in [0.25, 0.3) is 0 Å². The maximum Gasteiger partial charge on any atom is 0.0683 e. The van der Waals surface area contributed by atoms with E-state index in [1.54, 1.807) is 0 Å². The fourth-order valence-corrected chi connectivity index (χ4v) is 3.69. The second kappa shape index (κ2) is 3.00. The Bertz CT molecular complexity index is 225. The molecular weight excluding hydrogens is 184 g/mol. The van der Waals surface area contributed by atoms with Crippen LogP contribution < -0.4 is 0 Å². The average molecular weight is 210 g/mol. The fourth-order valence-electron chi connectivity index (χ4n) is 3.69. The normalized spacial score (nSPS) is 34.8. The molecule has 1 heterocycles. The summed E-state index contributed by atoms with van der Waals surface area (Å²) in [6.45, 7) is 15.0. The first-order valence-corrected chi connectivity index (χ1v) is 6.29. The predicted octanol–water partition coefficient (Wildman–Crippen LogP) is 3.87. The molecule has 0 N–H and O–H groups in total. The second-order valence-corrected chi connectivity index (χ2v) is 7.73. The zero-order valence-electron chi connectivity index (χ0n) is 11.2. The van der Waals surface area contributed by atoms with Gasteiger partial charge in [0.2, 0.25) is 0 Å². The van der Waals surface area contributed by atoms with Crippen LogP contribution in [-0.2, 0) is 4.74 Å². The molecule has 0 amide bonds. The van der Waals surface area contributed by atoms with Crippen LogP contribution in [0.2, 0.25) is 0 Å². The van der Waals surface area contributed by atoms with Crippen LogP contribution in [0.3, 0.4) is 0 Å². The standard InChI is InChI=1S/C14H26O/c1-12(2,3)10-9-15-11(13(4,5)6)14(10)7-8-14/h10-11H,7-9H2,1-6H3. The van der Waals surface area contributed by atoms with Crippen LogP contribution in [0.4, 0.5) is 0 Å². The van der Waals surface area contributed by atoms with E-state index in [1.807, 2.05) is 0 Å². The molecule has 0 aromatic rings. The highest BCUT2D eigenvalue weighted by Gasteiger charge is 2.64. The van der Waals surface area contributed by atoms with Crippen molar-refractivity contribution < 1.29 is 4.74 Å². The molecule has 15 heavy (non-hydrogen) atoms. The molecule has 2 aliphatic rings. The third kappa shape index (κ3) is 1.73. The third-order valence-corrected chi connectivity index (χ3v) is 4.31. The molecule has 1 heteroatoms. The first-order chi connectivity index (χ1) is 6.68. The molecule has 2 rings (SSSR count). The van der Waals surface area contributed by atoms with E-state index < -0.39 is 0 Å². The number of hydrogen-bond donors (Lipinski definition) is 0. The highest BCUT2D eigenvalue weighted by molar-refractivity contribution is 5.12. The summed E-state index contributed by atoms with van der Waals surface area (Å²) in [6, 6.07) is 0. The number of ether oxygens (including phenoxy) is 1. The summed E-state index contributed by atoms with van der Waals surface area (Å²) in [5.74, 6) is 0.759. The van der Waals surface area contributed by atoms with Gasteiger partial charge in [-0.25, -0.2) is 0 Å². The van der Waals surface area contributed by atoms with E-state index in [-0.39, 0.29) is 0 Å². The molecular formula is C14H26O. The third-order valence-electron chi connectivity index (χ3n) is 4.31. The monoisotopic (exact) mass is 210 g/mol. The van der Waals surface area contributed by atoms with Gasteiger partial charge in [-0.2, -0.15) is 0 Å². The molecule has 2 unspecified atom stereocenters. The Balaban J connectivity index is 2.23. The minimum atomic E-state index is 0.302. The van der Waals surface area contributed by atoms with Gasteiger partial charge in [-0.05, 0) is 29.6 Å². The van der Waals surface area contributed by atoms with Crippen LogP contribution in [0.1, 0.15) is 54.4 Å². The Morgan fingerprint density at radius 2 is 1.47 bits per heavy atom. The summed E-state index contributed by atoms with van der Waals surface area (Å²) in [4.78, 5) is 0. The minimum absolute atomic E-state index is 0.302. The smallest absolute Gasteiger partial charge is 0.0683 e. The Morgan fingerprint density at radius 1 is 0.933 bits per heavy atom. The Hall–Kier alpha value is -0.0400. The van der Waals surface area contributed by atoms with Crippen LogP contribution in [0, 0.1) is 22.2 Å². The highest BCUT2D eigenvalue weighted by atomic mass is 16.5. The van der Waals surface area contributed by atoms with Gasteiger partial charge in [0.05, 0.1) is 12.7 Å². The number of rotatable bonds is 0. The quantitative estimate of drug-likeness (QED) is 0.589. The van der Waals surface area contributed by atoms with Crippen LogP contribution in [-0.4, -0.2) is 12.7 Å². The average Bonchev–Trinajstić information content (AvgIpc) is 2.56. The number of hydrogen-bond acceptors (Lipinski definition) is 1. The Labute approximate surface area is 94.6 Å². The molecule has 1 saturated heterocycles. The molecule has 2 fully saturated rings. The fraction of sp³-hybridized carbons (Fsp3) is 1.00. The van der Waals surface area contributed by atoms with Crippen molar-refractivity contribution in [1.29, 1.82) is 0 Å². The van der Waals surface area contributed by atoms with Crippen molar-refractivity contribution in [2.45, 2.75) is 60.5 Å². The van der Waals surface area contributed by atoms with E-state index >= 15 is 0 Å². The second-order valence-electron chi connectivity index (χ2n) is 7.73. The molecule has 0 aromatic carbocycles. The lowest BCUT2D eigenvalue weighted by Crippen LogP contribution is -2.37. The summed E-state index contributed by atoms with van der Waals surface area (Å²) >= 11 is 0. The van der Waals surface area contributed by atoms with Crippen molar-refractivity contribution >= 4 is 0 Å².